The molecule has 1 amide bonds. The molecule has 1 N–H and O–H groups in total. The van der Waals surface area contributed by atoms with Crippen molar-refractivity contribution in [2.45, 2.75) is 52.0 Å². The molecule has 0 aliphatic carbocycles. The molecule has 3 rings (SSSR count). The number of rotatable bonds is 5. The number of nitrogens with one attached hydrogen (secondary N) is 1. The van der Waals surface area contributed by atoms with Crippen molar-refractivity contribution < 1.29 is 9.18 Å². The number of hydrogen-bond acceptors (Lipinski definition) is 3. The van der Waals surface area contributed by atoms with Crippen LogP contribution in [0.5, 0.6) is 0 Å². The molecule has 1 aliphatic heterocycles. The zero-order valence-electron chi connectivity index (χ0n) is 17.3. The predicted octanol–water partition coefficient (Wildman–Crippen LogP) is 5.75. The van der Waals surface area contributed by atoms with E-state index in [1.807, 2.05) is 6.07 Å². The van der Waals surface area contributed by atoms with Gasteiger partial charge in [0.05, 0.1) is 11.2 Å². The standard InChI is InChI=1S/C23H27ClFN3O/c1-5-10-28-21-12-20(24)17(11-19(21)15(2)13-23(28,3)4)14-26-27-22(29)16-6-8-18(25)9-7-16/h6-9,11-12,14-15H,5,10,13H2,1-4H3,(H,27,29)/b26-14-. The van der Waals surface area contributed by atoms with Crippen molar-refractivity contribution in [3.63, 3.8) is 0 Å². The van der Waals surface area contributed by atoms with E-state index >= 15 is 0 Å². The van der Waals surface area contributed by atoms with Gasteiger partial charge in [0.15, 0.2) is 0 Å². The second-order valence-corrected chi connectivity index (χ2v) is 8.62. The average molecular weight is 416 g/mol. The van der Waals surface area contributed by atoms with E-state index in [9.17, 15) is 9.18 Å². The van der Waals surface area contributed by atoms with Gasteiger partial charge >= 0.3 is 0 Å². The number of carbonyl (C=O) groups excluding carboxylic acids is 1. The lowest BCUT2D eigenvalue weighted by Crippen LogP contribution is -2.48. The van der Waals surface area contributed by atoms with Crippen LogP contribution in [0.15, 0.2) is 41.5 Å². The molecule has 0 saturated heterocycles. The normalized spacial score (nSPS) is 18.0. The number of halogens is 2. The Morgan fingerprint density at radius 3 is 2.69 bits per heavy atom. The molecule has 2 aromatic carbocycles. The minimum absolute atomic E-state index is 0.0739. The van der Waals surface area contributed by atoms with Crippen molar-refractivity contribution in [3.05, 3.63) is 63.9 Å². The highest BCUT2D eigenvalue weighted by molar-refractivity contribution is 6.33. The maximum Gasteiger partial charge on any atom is 0.271 e. The fourth-order valence-corrected chi connectivity index (χ4v) is 4.30. The van der Waals surface area contributed by atoms with Gasteiger partial charge in [-0.2, -0.15) is 5.10 Å². The number of nitrogens with zero attached hydrogens (tertiary/aromatic N) is 2. The first-order valence-electron chi connectivity index (χ1n) is 9.93. The van der Waals surface area contributed by atoms with E-state index in [1.54, 1.807) is 6.21 Å². The summed E-state index contributed by atoms with van der Waals surface area (Å²) in [6.45, 7) is 9.94. The van der Waals surface area contributed by atoms with E-state index in [1.165, 1.54) is 35.5 Å². The summed E-state index contributed by atoms with van der Waals surface area (Å²) in [4.78, 5) is 14.6. The highest BCUT2D eigenvalue weighted by atomic mass is 35.5. The van der Waals surface area contributed by atoms with Crippen LogP contribution in [-0.2, 0) is 0 Å². The van der Waals surface area contributed by atoms with Crippen molar-refractivity contribution in [1.29, 1.82) is 0 Å². The maximum absolute atomic E-state index is 13.0. The van der Waals surface area contributed by atoms with Gasteiger partial charge in [-0.25, -0.2) is 9.82 Å². The molecule has 2 aromatic rings. The Balaban J connectivity index is 1.83. The molecule has 154 valence electrons. The van der Waals surface area contributed by atoms with Gasteiger partial charge in [0.25, 0.3) is 5.91 Å². The Hall–Kier alpha value is -2.40. The summed E-state index contributed by atoms with van der Waals surface area (Å²) in [5, 5.41) is 4.63. The number of fused-ring (bicyclic) bond motifs is 1. The van der Waals surface area contributed by atoms with Crippen LogP contribution in [0, 0.1) is 5.82 Å². The lowest BCUT2D eigenvalue weighted by atomic mass is 9.79. The zero-order chi connectivity index (χ0) is 21.2. The van der Waals surface area contributed by atoms with E-state index in [0.717, 1.165) is 24.9 Å². The first-order valence-corrected chi connectivity index (χ1v) is 10.3. The van der Waals surface area contributed by atoms with E-state index in [2.05, 4.69) is 49.2 Å². The Bertz CT molecular complexity index is 924. The number of anilines is 1. The van der Waals surface area contributed by atoms with Gasteiger partial charge < -0.3 is 4.90 Å². The SMILES string of the molecule is CCCN1c2cc(Cl)c(/C=N\NC(=O)c3ccc(F)cc3)cc2C(C)CC1(C)C. The molecule has 1 atom stereocenters. The van der Waals surface area contributed by atoms with Gasteiger partial charge in [-0.3, -0.25) is 4.79 Å². The monoisotopic (exact) mass is 415 g/mol. The maximum atomic E-state index is 13.0. The molecule has 1 heterocycles. The highest BCUT2D eigenvalue weighted by Crippen LogP contribution is 2.45. The third-order valence-electron chi connectivity index (χ3n) is 5.43. The predicted molar refractivity (Wildman–Crippen MR) is 118 cm³/mol. The lowest BCUT2D eigenvalue weighted by molar-refractivity contribution is 0.0955. The van der Waals surface area contributed by atoms with E-state index in [-0.39, 0.29) is 11.4 Å². The van der Waals surface area contributed by atoms with Gasteiger partial charge in [0.2, 0.25) is 0 Å². The summed E-state index contributed by atoms with van der Waals surface area (Å²) < 4.78 is 13.0. The van der Waals surface area contributed by atoms with Crippen molar-refractivity contribution >= 4 is 29.4 Å². The topological polar surface area (TPSA) is 44.7 Å². The summed E-state index contributed by atoms with van der Waals surface area (Å²) in [7, 11) is 0. The van der Waals surface area contributed by atoms with Crippen LogP contribution in [0.1, 0.15) is 67.9 Å². The van der Waals surface area contributed by atoms with Gasteiger partial charge in [0, 0.05) is 28.9 Å². The molecule has 0 aromatic heterocycles. The first kappa shape index (κ1) is 21.3. The Morgan fingerprint density at radius 2 is 2.03 bits per heavy atom. The number of hydrogen-bond donors (Lipinski definition) is 1. The van der Waals surface area contributed by atoms with Crippen LogP contribution in [0.3, 0.4) is 0 Å². The molecule has 1 aliphatic rings. The zero-order valence-corrected chi connectivity index (χ0v) is 18.1. The Morgan fingerprint density at radius 1 is 1.34 bits per heavy atom. The molecule has 6 heteroatoms. The van der Waals surface area contributed by atoms with Gasteiger partial charge in [-0.05, 0) is 74.6 Å². The average Bonchev–Trinajstić information content (AvgIpc) is 2.66. The Labute approximate surface area is 176 Å². The summed E-state index contributed by atoms with van der Waals surface area (Å²) >= 11 is 6.54. The van der Waals surface area contributed by atoms with Crippen molar-refractivity contribution in [2.24, 2.45) is 5.10 Å². The number of carbonyl (C=O) groups is 1. The van der Waals surface area contributed by atoms with Crippen molar-refractivity contribution in [2.75, 3.05) is 11.4 Å². The quantitative estimate of drug-likeness (QED) is 0.499. The van der Waals surface area contributed by atoms with E-state index in [4.69, 9.17) is 11.6 Å². The van der Waals surface area contributed by atoms with Gasteiger partial charge in [-0.1, -0.05) is 25.4 Å². The number of hydrazone groups is 1. The minimum Gasteiger partial charge on any atom is -0.366 e. The molecule has 0 fully saturated rings. The van der Waals surface area contributed by atoms with Crippen molar-refractivity contribution in [3.8, 4) is 0 Å². The van der Waals surface area contributed by atoms with Gasteiger partial charge in [0.1, 0.15) is 5.82 Å². The van der Waals surface area contributed by atoms with Crippen LogP contribution < -0.4 is 10.3 Å². The molecular formula is C23H27ClFN3O. The van der Waals surface area contributed by atoms with Crippen LogP contribution in [0.2, 0.25) is 5.02 Å². The Kier molecular flexibility index (Phi) is 6.27. The fourth-order valence-electron chi connectivity index (χ4n) is 4.09. The molecule has 4 nitrogen and oxygen atoms in total. The van der Waals surface area contributed by atoms with Crippen LogP contribution in [-0.4, -0.2) is 24.2 Å². The summed E-state index contributed by atoms with van der Waals surface area (Å²) in [6.07, 6.45) is 3.67. The van der Waals surface area contributed by atoms with Gasteiger partial charge in [-0.15, -0.1) is 0 Å². The second-order valence-electron chi connectivity index (χ2n) is 8.21. The van der Waals surface area contributed by atoms with E-state index in [0.29, 0.717) is 16.5 Å². The molecule has 29 heavy (non-hydrogen) atoms. The largest absolute Gasteiger partial charge is 0.366 e. The fraction of sp³-hybridized carbons (Fsp3) is 0.391. The lowest BCUT2D eigenvalue weighted by Gasteiger charge is -2.47. The molecule has 0 radical (unpaired) electrons. The summed E-state index contributed by atoms with van der Waals surface area (Å²) in [5.74, 6) is -0.397. The minimum atomic E-state index is -0.403. The van der Waals surface area contributed by atoms with Crippen LogP contribution >= 0.6 is 11.6 Å². The molecular weight excluding hydrogens is 389 g/mol. The van der Waals surface area contributed by atoms with E-state index < -0.39 is 5.91 Å². The third kappa shape index (κ3) is 4.61. The highest BCUT2D eigenvalue weighted by Gasteiger charge is 2.36. The molecule has 0 spiro atoms. The second kappa shape index (κ2) is 8.54. The third-order valence-corrected chi connectivity index (χ3v) is 5.75. The summed E-state index contributed by atoms with van der Waals surface area (Å²) in [6, 6.07) is 9.38. The molecule has 0 saturated carbocycles. The van der Waals surface area contributed by atoms with Crippen molar-refractivity contribution in [1.82, 2.24) is 5.43 Å². The molecule has 0 bridgehead atoms. The molecule has 1 unspecified atom stereocenters. The van der Waals surface area contributed by atoms with Crippen LogP contribution in [0.25, 0.3) is 0 Å². The first-order chi connectivity index (χ1) is 13.7. The van der Waals surface area contributed by atoms with Crippen LogP contribution in [0.4, 0.5) is 10.1 Å². The number of benzene rings is 2. The number of amides is 1. The smallest absolute Gasteiger partial charge is 0.271 e. The summed E-state index contributed by atoms with van der Waals surface area (Å²) in [5.41, 5.74) is 6.05.